The monoisotopic (exact) mass is 192 g/mol. The molecule has 2 rings (SSSR count). The first-order valence-electron chi connectivity index (χ1n) is 5.13. The van der Waals surface area contributed by atoms with Crippen molar-refractivity contribution in [2.45, 2.75) is 12.8 Å². The van der Waals surface area contributed by atoms with Gasteiger partial charge in [-0.1, -0.05) is 24.3 Å². The first kappa shape index (κ1) is 9.69. The highest BCUT2D eigenvalue weighted by Gasteiger charge is 2.26. The van der Waals surface area contributed by atoms with Crippen LogP contribution >= 0.6 is 0 Å². The molecule has 0 fully saturated rings. The van der Waals surface area contributed by atoms with Crippen LogP contribution < -0.4 is 0 Å². The van der Waals surface area contributed by atoms with Crippen molar-refractivity contribution in [3.63, 3.8) is 0 Å². The van der Waals surface area contributed by atoms with Crippen molar-refractivity contribution in [3.8, 4) is 0 Å². The molecular formula is C12H16O2. The molecule has 2 N–H and O–H groups in total. The number of hydrogen-bond acceptors (Lipinski definition) is 2. The summed E-state index contributed by atoms with van der Waals surface area (Å²) < 4.78 is 0. The quantitative estimate of drug-likeness (QED) is 0.734. The first-order chi connectivity index (χ1) is 6.85. The Kier molecular flexibility index (Phi) is 2.85. The molecule has 14 heavy (non-hydrogen) atoms. The van der Waals surface area contributed by atoms with Crippen molar-refractivity contribution in [1.29, 1.82) is 0 Å². The topological polar surface area (TPSA) is 40.5 Å². The van der Waals surface area contributed by atoms with Crippen LogP contribution in [-0.4, -0.2) is 23.4 Å². The standard InChI is InChI=1S/C12H16O2/c13-7-11-5-9-3-1-2-4-10(9)6-12(11)8-14/h1-4,11-14H,5-8H2/t11-,12+. The summed E-state index contributed by atoms with van der Waals surface area (Å²) in [5, 5.41) is 18.4. The molecule has 1 aliphatic carbocycles. The molecule has 0 heterocycles. The zero-order chi connectivity index (χ0) is 9.97. The van der Waals surface area contributed by atoms with Crippen molar-refractivity contribution >= 4 is 0 Å². The third kappa shape index (κ3) is 1.68. The molecule has 0 aliphatic heterocycles. The van der Waals surface area contributed by atoms with E-state index in [-0.39, 0.29) is 25.0 Å². The van der Waals surface area contributed by atoms with Crippen molar-refractivity contribution in [1.82, 2.24) is 0 Å². The lowest BCUT2D eigenvalue weighted by Crippen LogP contribution is -2.30. The Morgan fingerprint density at radius 2 is 1.36 bits per heavy atom. The van der Waals surface area contributed by atoms with Crippen LogP contribution in [0.3, 0.4) is 0 Å². The zero-order valence-electron chi connectivity index (χ0n) is 8.19. The minimum atomic E-state index is 0.180. The minimum absolute atomic E-state index is 0.180. The van der Waals surface area contributed by atoms with Gasteiger partial charge in [-0.05, 0) is 35.8 Å². The predicted octanol–water partition coefficient (Wildman–Crippen LogP) is 1.00. The van der Waals surface area contributed by atoms with Crippen LogP contribution in [0.1, 0.15) is 11.1 Å². The fraction of sp³-hybridized carbons (Fsp3) is 0.500. The van der Waals surface area contributed by atoms with Gasteiger partial charge in [0.15, 0.2) is 0 Å². The van der Waals surface area contributed by atoms with Gasteiger partial charge < -0.3 is 10.2 Å². The lowest BCUT2D eigenvalue weighted by atomic mass is 9.76. The SMILES string of the molecule is OC[C@@H]1Cc2ccccc2C[C@@H]1CO. The van der Waals surface area contributed by atoms with Gasteiger partial charge >= 0.3 is 0 Å². The third-order valence-electron chi connectivity index (χ3n) is 3.22. The summed E-state index contributed by atoms with van der Waals surface area (Å²) >= 11 is 0. The highest BCUT2D eigenvalue weighted by molar-refractivity contribution is 5.30. The second kappa shape index (κ2) is 4.11. The van der Waals surface area contributed by atoms with E-state index in [1.165, 1.54) is 11.1 Å². The van der Waals surface area contributed by atoms with Gasteiger partial charge in [-0.2, -0.15) is 0 Å². The summed E-state index contributed by atoms with van der Waals surface area (Å²) in [5.74, 6) is 0.463. The number of aliphatic hydroxyl groups excluding tert-OH is 2. The van der Waals surface area contributed by atoms with Crippen molar-refractivity contribution < 1.29 is 10.2 Å². The molecule has 0 bridgehead atoms. The summed E-state index contributed by atoms with van der Waals surface area (Å²) in [5.41, 5.74) is 2.66. The van der Waals surface area contributed by atoms with Gasteiger partial charge in [0.05, 0.1) is 0 Å². The maximum Gasteiger partial charge on any atom is 0.0466 e. The first-order valence-corrected chi connectivity index (χ1v) is 5.13. The average Bonchev–Trinajstić information content (AvgIpc) is 2.27. The predicted molar refractivity (Wildman–Crippen MR) is 55.0 cm³/mol. The lowest BCUT2D eigenvalue weighted by Gasteiger charge is -2.30. The number of fused-ring (bicyclic) bond motifs is 1. The van der Waals surface area contributed by atoms with Gasteiger partial charge in [0, 0.05) is 13.2 Å². The Morgan fingerprint density at radius 1 is 0.929 bits per heavy atom. The second-order valence-electron chi connectivity index (χ2n) is 4.06. The normalized spacial score (nSPS) is 25.9. The largest absolute Gasteiger partial charge is 0.396 e. The summed E-state index contributed by atoms with van der Waals surface area (Å²) in [6.07, 6.45) is 1.80. The summed E-state index contributed by atoms with van der Waals surface area (Å²) in [6.45, 7) is 0.360. The molecule has 0 unspecified atom stereocenters. The van der Waals surface area contributed by atoms with Gasteiger partial charge in [0.25, 0.3) is 0 Å². The maximum absolute atomic E-state index is 9.21. The molecule has 2 heteroatoms. The van der Waals surface area contributed by atoms with Crippen LogP contribution in [0.5, 0.6) is 0 Å². The maximum atomic E-state index is 9.21. The van der Waals surface area contributed by atoms with Gasteiger partial charge in [-0.15, -0.1) is 0 Å². The summed E-state index contributed by atoms with van der Waals surface area (Å²) in [7, 11) is 0. The Balaban J connectivity index is 2.25. The van der Waals surface area contributed by atoms with Crippen LogP contribution in [0.2, 0.25) is 0 Å². The molecule has 2 nitrogen and oxygen atoms in total. The summed E-state index contributed by atoms with van der Waals surface area (Å²) in [6, 6.07) is 8.30. The fourth-order valence-electron chi connectivity index (χ4n) is 2.28. The van der Waals surface area contributed by atoms with Crippen LogP contribution in [-0.2, 0) is 12.8 Å². The van der Waals surface area contributed by atoms with E-state index in [1.54, 1.807) is 0 Å². The van der Waals surface area contributed by atoms with Gasteiger partial charge in [0.1, 0.15) is 0 Å². The molecule has 2 atom stereocenters. The molecule has 0 spiro atoms. The van der Waals surface area contributed by atoms with E-state index in [0.717, 1.165) is 12.8 Å². The lowest BCUT2D eigenvalue weighted by molar-refractivity contribution is 0.113. The number of benzene rings is 1. The molecule has 0 amide bonds. The smallest absolute Gasteiger partial charge is 0.0466 e. The highest BCUT2D eigenvalue weighted by Crippen LogP contribution is 2.29. The molecule has 1 aromatic carbocycles. The van der Waals surface area contributed by atoms with Crippen LogP contribution in [0.15, 0.2) is 24.3 Å². The average molecular weight is 192 g/mol. The minimum Gasteiger partial charge on any atom is -0.396 e. The molecule has 1 aromatic rings. The Morgan fingerprint density at radius 3 is 1.71 bits per heavy atom. The number of hydrogen-bond donors (Lipinski definition) is 2. The van der Waals surface area contributed by atoms with E-state index in [1.807, 2.05) is 12.1 Å². The number of aliphatic hydroxyl groups is 2. The van der Waals surface area contributed by atoms with E-state index >= 15 is 0 Å². The second-order valence-corrected chi connectivity index (χ2v) is 4.06. The highest BCUT2D eigenvalue weighted by atomic mass is 16.3. The molecule has 0 saturated carbocycles. The van der Waals surface area contributed by atoms with E-state index in [4.69, 9.17) is 0 Å². The Labute approximate surface area is 84.2 Å². The van der Waals surface area contributed by atoms with E-state index in [2.05, 4.69) is 12.1 Å². The van der Waals surface area contributed by atoms with Gasteiger partial charge in [0.2, 0.25) is 0 Å². The van der Waals surface area contributed by atoms with E-state index in [9.17, 15) is 10.2 Å². The van der Waals surface area contributed by atoms with E-state index in [0.29, 0.717) is 0 Å². The van der Waals surface area contributed by atoms with E-state index < -0.39 is 0 Å². The molecular weight excluding hydrogens is 176 g/mol. The van der Waals surface area contributed by atoms with Crippen molar-refractivity contribution in [2.24, 2.45) is 11.8 Å². The number of rotatable bonds is 2. The molecule has 0 saturated heterocycles. The van der Waals surface area contributed by atoms with Gasteiger partial charge in [-0.3, -0.25) is 0 Å². The Bertz CT molecular complexity index is 278. The molecule has 0 aromatic heterocycles. The van der Waals surface area contributed by atoms with Crippen LogP contribution in [0.4, 0.5) is 0 Å². The third-order valence-corrected chi connectivity index (χ3v) is 3.22. The van der Waals surface area contributed by atoms with Gasteiger partial charge in [-0.25, -0.2) is 0 Å². The Hall–Kier alpha value is -0.860. The summed E-state index contributed by atoms with van der Waals surface area (Å²) in [4.78, 5) is 0. The van der Waals surface area contributed by atoms with Crippen molar-refractivity contribution in [2.75, 3.05) is 13.2 Å². The molecule has 76 valence electrons. The van der Waals surface area contributed by atoms with Crippen LogP contribution in [0, 0.1) is 11.8 Å². The molecule has 0 radical (unpaired) electrons. The zero-order valence-corrected chi connectivity index (χ0v) is 8.19. The fourth-order valence-corrected chi connectivity index (χ4v) is 2.28. The van der Waals surface area contributed by atoms with Crippen LogP contribution in [0.25, 0.3) is 0 Å². The molecule has 1 aliphatic rings. The van der Waals surface area contributed by atoms with Crippen molar-refractivity contribution in [3.05, 3.63) is 35.4 Å².